The molecule has 0 spiro atoms. The number of hydrogen-bond acceptors (Lipinski definition) is 2. The predicted octanol–water partition coefficient (Wildman–Crippen LogP) is 2.72. The van der Waals surface area contributed by atoms with Gasteiger partial charge < -0.3 is 9.67 Å². The monoisotopic (exact) mass is 244 g/mol. The van der Waals surface area contributed by atoms with E-state index in [0.717, 1.165) is 18.7 Å². The number of aromatic nitrogens is 2. The lowest BCUT2D eigenvalue weighted by atomic mass is 10.0. The van der Waals surface area contributed by atoms with Gasteiger partial charge in [-0.15, -0.1) is 0 Å². The van der Waals surface area contributed by atoms with E-state index < -0.39 is 5.60 Å². The van der Waals surface area contributed by atoms with Crippen molar-refractivity contribution in [3.63, 3.8) is 0 Å². The van der Waals surface area contributed by atoms with Gasteiger partial charge in [0.2, 0.25) is 0 Å². The van der Waals surface area contributed by atoms with Crippen LogP contribution in [0.25, 0.3) is 0 Å². The molecule has 0 saturated heterocycles. The highest BCUT2D eigenvalue weighted by Gasteiger charge is 2.17. The topological polar surface area (TPSA) is 38.0 Å². The molecule has 2 aromatic heterocycles. The lowest BCUT2D eigenvalue weighted by Crippen LogP contribution is -2.18. The zero-order valence-corrected chi connectivity index (χ0v) is 11.2. The highest BCUT2D eigenvalue weighted by Crippen LogP contribution is 2.17. The molecule has 0 aromatic carbocycles. The predicted molar refractivity (Wildman–Crippen MR) is 72.4 cm³/mol. The van der Waals surface area contributed by atoms with Crippen LogP contribution in [0.3, 0.4) is 0 Å². The van der Waals surface area contributed by atoms with Crippen molar-refractivity contribution in [2.75, 3.05) is 0 Å². The van der Waals surface area contributed by atoms with E-state index in [1.807, 2.05) is 18.2 Å². The number of rotatable bonds is 4. The fourth-order valence-corrected chi connectivity index (χ4v) is 1.89. The third-order valence-electron chi connectivity index (χ3n) is 3.00. The summed E-state index contributed by atoms with van der Waals surface area (Å²) in [5, 5.41) is 9.95. The van der Waals surface area contributed by atoms with Gasteiger partial charge in [0.1, 0.15) is 5.60 Å². The molecule has 2 heterocycles. The van der Waals surface area contributed by atoms with E-state index in [4.69, 9.17) is 0 Å². The molecular weight excluding hydrogens is 224 g/mol. The standard InChI is InChI=1S/C15H20N2O/c1-4-12-8-9-17(10-12)11-13-6-5-7-14(16-13)15(2,3)18/h5-10,18H,4,11H2,1-3H3. The van der Waals surface area contributed by atoms with E-state index in [9.17, 15) is 5.11 Å². The van der Waals surface area contributed by atoms with Gasteiger partial charge in [-0.1, -0.05) is 13.0 Å². The Kier molecular flexibility index (Phi) is 3.53. The summed E-state index contributed by atoms with van der Waals surface area (Å²) in [6.45, 7) is 6.39. The molecule has 0 radical (unpaired) electrons. The normalized spacial score (nSPS) is 11.8. The maximum atomic E-state index is 9.95. The molecule has 0 amide bonds. The zero-order chi connectivity index (χ0) is 13.2. The summed E-state index contributed by atoms with van der Waals surface area (Å²) in [6.07, 6.45) is 5.25. The van der Waals surface area contributed by atoms with Crippen LogP contribution in [0.5, 0.6) is 0 Å². The average molecular weight is 244 g/mol. The second-order valence-electron chi connectivity index (χ2n) is 5.12. The fourth-order valence-electron chi connectivity index (χ4n) is 1.89. The zero-order valence-electron chi connectivity index (χ0n) is 11.2. The molecule has 0 fully saturated rings. The Morgan fingerprint density at radius 2 is 2.06 bits per heavy atom. The summed E-state index contributed by atoms with van der Waals surface area (Å²) in [5.74, 6) is 0. The Morgan fingerprint density at radius 3 is 2.67 bits per heavy atom. The Balaban J connectivity index is 2.19. The van der Waals surface area contributed by atoms with Crippen LogP contribution < -0.4 is 0 Å². The molecule has 0 aliphatic carbocycles. The molecule has 0 saturated carbocycles. The molecule has 3 nitrogen and oxygen atoms in total. The van der Waals surface area contributed by atoms with Gasteiger partial charge in [0, 0.05) is 12.4 Å². The van der Waals surface area contributed by atoms with E-state index >= 15 is 0 Å². The Morgan fingerprint density at radius 1 is 1.28 bits per heavy atom. The van der Waals surface area contributed by atoms with E-state index in [2.05, 4.69) is 34.9 Å². The number of aliphatic hydroxyl groups is 1. The highest BCUT2D eigenvalue weighted by atomic mass is 16.3. The Hall–Kier alpha value is -1.61. The van der Waals surface area contributed by atoms with Gasteiger partial charge >= 0.3 is 0 Å². The van der Waals surface area contributed by atoms with Gasteiger partial charge in [0.15, 0.2) is 0 Å². The first-order valence-electron chi connectivity index (χ1n) is 6.32. The molecule has 96 valence electrons. The first kappa shape index (κ1) is 12.8. The van der Waals surface area contributed by atoms with Crippen LogP contribution in [0.15, 0.2) is 36.7 Å². The number of pyridine rings is 1. The summed E-state index contributed by atoms with van der Waals surface area (Å²) in [5.41, 5.74) is 2.12. The Bertz CT molecular complexity index is 523. The van der Waals surface area contributed by atoms with Crippen molar-refractivity contribution in [2.24, 2.45) is 0 Å². The van der Waals surface area contributed by atoms with Crippen molar-refractivity contribution >= 4 is 0 Å². The van der Waals surface area contributed by atoms with Crippen LogP contribution in [0.4, 0.5) is 0 Å². The molecule has 2 rings (SSSR count). The molecule has 0 aliphatic rings. The van der Waals surface area contributed by atoms with Crippen molar-refractivity contribution in [2.45, 2.75) is 39.3 Å². The summed E-state index contributed by atoms with van der Waals surface area (Å²) >= 11 is 0. The third-order valence-corrected chi connectivity index (χ3v) is 3.00. The van der Waals surface area contributed by atoms with Gasteiger partial charge in [-0.05, 0) is 44.0 Å². The van der Waals surface area contributed by atoms with E-state index in [-0.39, 0.29) is 0 Å². The first-order valence-corrected chi connectivity index (χ1v) is 6.32. The molecule has 0 unspecified atom stereocenters. The van der Waals surface area contributed by atoms with Crippen LogP contribution in [-0.4, -0.2) is 14.7 Å². The molecular formula is C15H20N2O. The molecule has 0 bridgehead atoms. The van der Waals surface area contributed by atoms with Gasteiger partial charge in [0.25, 0.3) is 0 Å². The van der Waals surface area contributed by atoms with E-state index in [1.165, 1.54) is 5.56 Å². The maximum absolute atomic E-state index is 9.95. The smallest absolute Gasteiger partial charge is 0.101 e. The molecule has 3 heteroatoms. The van der Waals surface area contributed by atoms with Crippen molar-refractivity contribution in [3.05, 3.63) is 53.6 Å². The second-order valence-corrected chi connectivity index (χ2v) is 5.12. The highest BCUT2D eigenvalue weighted by molar-refractivity contribution is 5.17. The van der Waals surface area contributed by atoms with Crippen molar-refractivity contribution in [1.29, 1.82) is 0 Å². The maximum Gasteiger partial charge on any atom is 0.101 e. The van der Waals surface area contributed by atoms with Gasteiger partial charge in [0.05, 0.1) is 17.9 Å². The van der Waals surface area contributed by atoms with Gasteiger partial charge in [-0.3, -0.25) is 4.98 Å². The third kappa shape index (κ3) is 2.99. The Labute approximate surface area is 108 Å². The molecule has 1 N–H and O–H groups in total. The quantitative estimate of drug-likeness (QED) is 0.898. The summed E-state index contributed by atoms with van der Waals surface area (Å²) in [7, 11) is 0. The lowest BCUT2D eigenvalue weighted by molar-refractivity contribution is 0.0736. The van der Waals surface area contributed by atoms with Crippen LogP contribution in [0.1, 0.15) is 37.7 Å². The van der Waals surface area contributed by atoms with Crippen molar-refractivity contribution in [1.82, 2.24) is 9.55 Å². The SMILES string of the molecule is CCc1ccn(Cc2cccc(C(C)(C)O)n2)c1. The van der Waals surface area contributed by atoms with Crippen LogP contribution in [0, 0.1) is 0 Å². The molecule has 0 aliphatic heterocycles. The fraction of sp³-hybridized carbons (Fsp3) is 0.400. The number of aryl methyl sites for hydroxylation is 1. The van der Waals surface area contributed by atoms with E-state index in [1.54, 1.807) is 13.8 Å². The molecule has 18 heavy (non-hydrogen) atoms. The summed E-state index contributed by atoms with van der Waals surface area (Å²) in [4.78, 5) is 4.50. The first-order chi connectivity index (χ1) is 8.49. The van der Waals surface area contributed by atoms with E-state index in [0.29, 0.717) is 5.69 Å². The minimum absolute atomic E-state index is 0.711. The second kappa shape index (κ2) is 4.94. The number of hydrogen-bond donors (Lipinski definition) is 1. The largest absolute Gasteiger partial charge is 0.384 e. The van der Waals surface area contributed by atoms with Crippen LogP contribution in [0.2, 0.25) is 0 Å². The average Bonchev–Trinajstić information content (AvgIpc) is 2.76. The van der Waals surface area contributed by atoms with Gasteiger partial charge in [-0.2, -0.15) is 0 Å². The summed E-state index contributed by atoms with van der Waals surface area (Å²) < 4.78 is 2.12. The van der Waals surface area contributed by atoms with Crippen LogP contribution in [-0.2, 0) is 18.6 Å². The molecule has 0 atom stereocenters. The minimum Gasteiger partial charge on any atom is -0.384 e. The van der Waals surface area contributed by atoms with Gasteiger partial charge in [-0.25, -0.2) is 0 Å². The summed E-state index contributed by atoms with van der Waals surface area (Å²) in [6, 6.07) is 7.91. The minimum atomic E-state index is -0.888. The lowest BCUT2D eigenvalue weighted by Gasteiger charge is -2.17. The van der Waals surface area contributed by atoms with Crippen LogP contribution >= 0.6 is 0 Å². The van der Waals surface area contributed by atoms with Crippen molar-refractivity contribution in [3.8, 4) is 0 Å². The van der Waals surface area contributed by atoms with Crippen molar-refractivity contribution < 1.29 is 5.11 Å². The molecule has 2 aromatic rings. The number of nitrogens with zero attached hydrogens (tertiary/aromatic N) is 2.